The van der Waals surface area contributed by atoms with Gasteiger partial charge in [-0.3, -0.25) is 14.6 Å². The van der Waals surface area contributed by atoms with Crippen LogP contribution in [0.4, 0.5) is 15.3 Å². The number of carbonyl (C=O) groups excluding carboxylic acids is 2. The number of likely N-dealkylation sites (tertiary alicyclic amines) is 1. The summed E-state index contributed by atoms with van der Waals surface area (Å²) >= 11 is 0. The molecule has 0 aliphatic carbocycles. The van der Waals surface area contributed by atoms with Gasteiger partial charge in [0.1, 0.15) is 6.54 Å². The van der Waals surface area contributed by atoms with Crippen LogP contribution in [0.25, 0.3) is 10.8 Å². The van der Waals surface area contributed by atoms with E-state index in [0.717, 1.165) is 35.0 Å². The molecule has 0 radical (unpaired) electrons. The Morgan fingerprint density at radius 2 is 1.82 bits per heavy atom. The first-order valence-electron chi connectivity index (χ1n) is 11.1. The van der Waals surface area contributed by atoms with Crippen molar-refractivity contribution in [2.45, 2.75) is 25.9 Å². The number of hydrogen-bond acceptors (Lipinski definition) is 4. The van der Waals surface area contributed by atoms with Crippen molar-refractivity contribution < 1.29 is 19.5 Å². The van der Waals surface area contributed by atoms with E-state index in [0.29, 0.717) is 25.6 Å². The molecule has 3 aromatic rings. The summed E-state index contributed by atoms with van der Waals surface area (Å²) in [6.07, 6.45) is 4.08. The van der Waals surface area contributed by atoms with Gasteiger partial charge in [-0.05, 0) is 30.2 Å². The summed E-state index contributed by atoms with van der Waals surface area (Å²) in [5, 5.41) is 11.1. The molecule has 0 unspecified atom stereocenters. The van der Waals surface area contributed by atoms with Gasteiger partial charge in [0.25, 0.3) is 5.91 Å². The van der Waals surface area contributed by atoms with Gasteiger partial charge in [0.05, 0.1) is 24.3 Å². The predicted octanol–water partition coefficient (Wildman–Crippen LogP) is 3.40. The number of benzene rings is 2. The van der Waals surface area contributed by atoms with Gasteiger partial charge in [0.15, 0.2) is 0 Å². The van der Waals surface area contributed by atoms with Crippen molar-refractivity contribution in [3.63, 3.8) is 0 Å². The number of hydrogen-bond donors (Lipinski definition) is 1. The highest BCUT2D eigenvalue weighted by Gasteiger charge is 2.38. The van der Waals surface area contributed by atoms with Gasteiger partial charge in [-0.15, -0.1) is 0 Å². The molecule has 2 aromatic carbocycles. The summed E-state index contributed by atoms with van der Waals surface area (Å²) in [6.45, 7) is 1.90. The van der Waals surface area contributed by atoms with E-state index in [9.17, 15) is 14.4 Å². The van der Waals surface area contributed by atoms with Crippen molar-refractivity contribution in [3.05, 3.63) is 60.7 Å². The number of fused-ring (bicyclic) bond motifs is 1. The minimum absolute atomic E-state index is 0.00856. The number of urea groups is 1. The lowest BCUT2D eigenvalue weighted by atomic mass is 9.97. The van der Waals surface area contributed by atoms with Crippen molar-refractivity contribution in [3.8, 4) is 0 Å². The highest BCUT2D eigenvalue weighted by molar-refractivity contribution is 6.15. The van der Waals surface area contributed by atoms with E-state index in [4.69, 9.17) is 5.11 Å². The predicted molar refractivity (Wildman–Crippen MR) is 122 cm³/mol. The van der Waals surface area contributed by atoms with Crippen molar-refractivity contribution in [1.82, 2.24) is 19.4 Å². The maximum Gasteiger partial charge on any atom is 0.407 e. The van der Waals surface area contributed by atoms with Crippen LogP contribution in [0.2, 0.25) is 0 Å². The first-order chi connectivity index (χ1) is 16.0. The van der Waals surface area contributed by atoms with E-state index in [2.05, 4.69) is 4.98 Å². The Hall–Kier alpha value is -3.88. The Morgan fingerprint density at radius 1 is 1.06 bits per heavy atom. The standard InChI is InChI=1S/C24H25N5O4/c30-22-15-28(21-7-3-5-18-4-1-2-6-20(18)21)23(31)29(22)14-19-12-25-16-27(19)13-17-8-10-26(11-9-17)24(32)33/h1-7,12,16-17H,8-11,13-15H2,(H,32,33). The van der Waals surface area contributed by atoms with E-state index in [1.54, 1.807) is 12.5 Å². The molecule has 0 saturated carbocycles. The number of imidazole rings is 1. The molecular formula is C24H25N5O4. The molecule has 5 rings (SSSR count). The Morgan fingerprint density at radius 3 is 2.61 bits per heavy atom. The second-order valence-electron chi connectivity index (χ2n) is 8.60. The van der Waals surface area contributed by atoms with E-state index in [1.165, 1.54) is 14.7 Å². The minimum Gasteiger partial charge on any atom is -0.465 e. The molecule has 33 heavy (non-hydrogen) atoms. The van der Waals surface area contributed by atoms with Crippen LogP contribution in [0.1, 0.15) is 18.5 Å². The third kappa shape index (κ3) is 4.02. The van der Waals surface area contributed by atoms with E-state index >= 15 is 0 Å². The fourth-order valence-electron chi connectivity index (χ4n) is 4.72. The van der Waals surface area contributed by atoms with Crippen LogP contribution in [-0.4, -0.2) is 62.1 Å². The quantitative estimate of drug-likeness (QED) is 0.605. The van der Waals surface area contributed by atoms with Crippen LogP contribution in [-0.2, 0) is 17.9 Å². The minimum atomic E-state index is -0.876. The summed E-state index contributed by atoms with van der Waals surface area (Å²) in [7, 11) is 0. The summed E-state index contributed by atoms with van der Waals surface area (Å²) in [5.41, 5.74) is 1.52. The molecule has 2 aliphatic rings. The summed E-state index contributed by atoms with van der Waals surface area (Å²) in [4.78, 5) is 45.6. The van der Waals surface area contributed by atoms with Gasteiger partial charge in [-0.2, -0.15) is 0 Å². The molecule has 0 bridgehead atoms. The van der Waals surface area contributed by atoms with Crippen LogP contribution < -0.4 is 4.90 Å². The summed E-state index contributed by atoms with van der Waals surface area (Å²) in [5.74, 6) is 0.0844. The van der Waals surface area contributed by atoms with Crippen LogP contribution in [0.15, 0.2) is 55.0 Å². The van der Waals surface area contributed by atoms with Crippen molar-refractivity contribution in [2.24, 2.45) is 5.92 Å². The SMILES string of the molecule is O=C(O)N1CCC(Cn2cncc2CN2C(=O)CN(c3cccc4ccccc34)C2=O)CC1. The van der Waals surface area contributed by atoms with Crippen LogP contribution in [0.3, 0.4) is 0 Å². The number of imide groups is 1. The number of nitrogens with zero attached hydrogens (tertiary/aromatic N) is 5. The number of anilines is 1. The van der Waals surface area contributed by atoms with Crippen LogP contribution in [0, 0.1) is 5.92 Å². The number of rotatable bonds is 5. The van der Waals surface area contributed by atoms with Crippen molar-refractivity contribution >= 4 is 34.5 Å². The molecule has 9 heteroatoms. The monoisotopic (exact) mass is 447 g/mol. The topological polar surface area (TPSA) is 99.0 Å². The van der Waals surface area contributed by atoms with Gasteiger partial charge in [-0.1, -0.05) is 36.4 Å². The summed E-state index contributed by atoms with van der Waals surface area (Å²) < 4.78 is 1.97. The normalized spacial score (nSPS) is 17.4. The first kappa shape index (κ1) is 21.0. The fourth-order valence-corrected chi connectivity index (χ4v) is 4.72. The Kier molecular flexibility index (Phi) is 5.45. The average Bonchev–Trinajstić information content (AvgIpc) is 3.38. The molecular weight excluding hydrogens is 422 g/mol. The maximum absolute atomic E-state index is 13.2. The maximum atomic E-state index is 13.2. The third-order valence-corrected chi connectivity index (χ3v) is 6.57. The fraction of sp³-hybridized carbons (Fsp3) is 0.333. The third-order valence-electron chi connectivity index (χ3n) is 6.57. The zero-order valence-corrected chi connectivity index (χ0v) is 18.1. The lowest BCUT2D eigenvalue weighted by Crippen LogP contribution is -2.38. The number of piperidine rings is 1. The van der Waals surface area contributed by atoms with Crippen LogP contribution in [0.5, 0.6) is 0 Å². The molecule has 3 heterocycles. The highest BCUT2D eigenvalue weighted by atomic mass is 16.4. The zero-order chi connectivity index (χ0) is 22.9. The van der Waals surface area contributed by atoms with Gasteiger partial charge in [-0.25, -0.2) is 14.6 Å². The lowest BCUT2D eigenvalue weighted by Gasteiger charge is -2.30. The van der Waals surface area contributed by atoms with Crippen LogP contribution >= 0.6 is 0 Å². The molecule has 1 aromatic heterocycles. The molecule has 0 atom stereocenters. The van der Waals surface area contributed by atoms with Gasteiger partial charge >= 0.3 is 12.1 Å². The molecule has 9 nitrogen and oxygen atoms in total. The van der Waals surface area contributed by atoms with Gasteiger partial charge < -0.3 is 14.6 Å². The highest BCUT2D eigenvalue weighted by Crippen LogP contribution is 2.30. The Labute approximate surface area is 190 Å². The second kappa shape index (κ2) is 8.57. The first-order valence-corrected chi connectivity index (χ1v) is 11.1. The van der Waals surface area contributed by atoms with E-state index in [-0.39, 0.29) is 25.0 Å². The van der Waals surface area contributed by atoms with Crippen molar-refractivity contribution in [1.29, 1.82) is 0 Å². The number of carbonyl (C=O) groups is 3. The van der Waals surface area contributed by atoms with Gasteiger partial charge in [0, 0.05) is 31.2 Å². The number of carboxylic acid groups (broad SMARTS) is 1. The lowest BCUT2D eigenvalue weighted by molar-refractivity contribution is -0.125. The molecule has 2 aliphatic heterocycles. The molecule has 1 N–H and O–H groups in total. The van der Waals surface area contributed by atoms with E-state index < -0.39 is 6.09 Å². The average molecular weight is 447 g/mol. The van der Waals surface area contributed by atoms with Gasteiger partial charge in [0.2, 0.25) is 0 Å². The Balaban J connectivity index is 1.30. The smallest absolute Gasteiger partial charge is 0.407 e. The molecule has 2 fully saturated rings. The molecule has 2 saturated heterocycles. The second-order valence-corrected chi connectivity index (χ2v) is 8.60. The number of aromatic nitrogens is 2. The largest absolute Gasteiger partial charge is 0.465 e. The molecule has 170 valence electrons. The summed E-state index contributed by atoms with van der Waals surface area (Å²) in [6, 6.07) is 13.2. The molecule has 4 amide bonds. The molecule has 0 spiro atoms. The van der Waals surface area contributed by atoms with Crippen molar-refractivity contribution in [2.75, 3.05) is 24.5 Å². The zero-order valence-electron chi connectivity index (χ0n) is 18.1. The van der Waals surface area contributed by atoms with E-state index in [1.807, 2.05) is 47.0 Å². The number of amides is 4. The Bertz CT molecular complexity index is 1210.